The van der Waals surface area contributed by atoms with E-state index in [9.17, 15) is 0 Å². The molecule has 2 aromatic rings. The van der Waals surface area contributed by atoms with Gasteiger partial charge in [-0.15, -0.1) is 0 Å². The highest BCUT2D eigenvalue weighted by Crippen LogP contribution is 2.27. The zero-order valence-electron chi connectivity index (χ0n) is 10.9. The number of benzene rings is 1. The number of anilines is 1. The number of hydrogen-bond acceptors (Lipinski definition) is 4. The largest absolute Gasteiger partial charge is 0.375 e. The molecule has 0 amide bonds. The summed E-state index contributed by atoms with van der Waals surface area (Å²) >= 11 is 1.55. The third-order valence-corrected chi connectivity index (χ3v) is 4.04. The van der Waals surface area contributed by atoms with Gasteiger partial charge in [-0.1, -0.05) is 25.5 Å². The number of rotatable bonds is 7. The Morgan fingerprint density at radius 1 is 1.33 bits per heavy atom. The fraction of sp³-hybridized carbons (Fsp3) is 0.500. The molecule has 0 saturated heterocycles. The number of hydrogen-bond donors (Lipinski definition) is 2. The van der Waals surface area contributed by atoms with Gasteiger partial charge in [0.2, 0.25) is 0 Å². The van der Waals surface area contributed by atoms with Gasteiger partial charge in [0.1, 0.15) is 5.00 Å². The van der Waals surface area contributed by atoms with Crippen molar-refractivity contribution < 1.29 is 0 Å². The molecule has 0 aliphatic carbocycles. The molecular formula is C14H21N3S. The molecular weight excluding hydrogens is 242 g/mol. The van der Waals surface area contributed by atoms with Gasteiger partial charge in [0.25, 0.3) is 0 Å². The minimum absolute atomic E-state index is 0.667. The zero-order valence-corrected chi connectivity index (χ0v) is 11.7. The predicted molar refractivity (Wildman–Crippen MR) is 80.2 cm³/mol. The molecule has 3 nitrogen and oxygen atoms in total. The second-order valence-electron chi connectivity index (χ2n) is 4.64. The first kappa shape index (κ1) is 13.3. The van der Waals surface area contributed by atoms with E-state index in [0.29, 0.717) is 5.92 Å². The van der Waals surface area contributed by atoms with Crippen LogP contribution in [0.4, 0.5) is 5.00 Å². The van der Waals surface area contributed by atoms with E-state index in [1.54, 1.807) is 11.5 Å². The van der Waals surface area contributed by atoms with E-state index < -0.39 is 0 Å². The van der Waals surface area contributed by atoms with Gasteiger partial charge in [-0.2, -0.15) is 4.37 Å². The quantitative estimate of drug-likeness (QED) is 0.804. The van der Waals surface area contributed by atoms with Crippen LogP contribution in [0.15, 0.2) is 24.3 Å². The van der Waals surface area contributed by atoms with Gasteiger partial charge < -0.3 is 11.1 Å². The van der Waals surface area contributed by atoms with E-state index in [1.807, 2.05) is 6.07 Å². The molecule has 1 aromatic carbocycles. The summed E-state index contributed by atoms with van der Waals surface area (Å²) in [5.41, 5.74) is 6.74. The third-order valence-electron chi connectivity index (χ3n) is 3.21. The van der Waals surface area contributed by atoms with E-state index in [1.165, 1.54) is 23.2 Å². The molecule has 0 radical (unpaired) electrons. The first-order valence-electron chi connectivity index (χ1n) is 6.63. The van der Waals surface area contributed by atoms with Crippen molar-refractivity contribution >= 4 is 27.4 Å². The Labute approximate surface area is 113 Å². The van der Waals surface area contributed by atoms with Crippen LogP contribution in [0.2, 0.25) is 0 Å². The summed E-state index contributed by atoms with van der Waals surface area (Å²) in [5.74, 6) is 0.667. The average Bonchev–Trinajstić information content (AvgIpc) is 2.80. The summed E-state index contributed by atoms with van der Waals surface area (Å²) < 4.78 is 4.44. The van der Waals surface area contributed by atoms with Crippen molar-refractivity contribution in [2.24, 2.45) is 11.7 Å². The summed E-state index contributed by atoms with van der Waals surface area (Å²) in [7, 11) is 0. The first-order valence-corrected chi connectivity index (χ1v) is 7.40. The average molecular weight is 263 g/mol. The number of fused-ring (bicyclic) bond motifs is 1. The van der Waals surface area contributed by atoms with Gasteiger partial charge in [0.15, 0.2) is 0 Å². The Balaban J connectivity index is 2.00. The second kappa shape index (κ2) is 6.71. The van der Waals surface area contributed by atoms with Crippen LogP contribution in [-0.4, -0.2) is 17.5 Å². The number of aromatic nitrogens is 1. The van der Waals surface area contributed by atoms with Crippen LogP contribution in [0.3, 0.4) is 0 Å². The summed E-state index contributed by atoms with van der Waals surface area (Å²) in [5, 5.41) is 5.95. The Morgan fingerprint density at radius 3 is 2.94 bits per heavy atom. The normalized spacial score (nSPS) is 12.8. The van der Waals surface area contributed by atoms with Gasteiger partial charge in [-0.05, 0) is 49.0 Å². The molecule has 1 atom stereocenters. The Kier molecular flexibility index (Phi) is 4.96. The monoisotopic (exact) mass is 263 g/mol. The smallest absolute Gasteiger partial charge is 0.117 e. The Morgan fingerprint density at radius 2 is 2.17 bits per heavy atom. The van der Waals surface area contributed by atoms with Crippen molar-refractivity contribution in [3.8, 4) is 0 Å². The van der Waals surface area contributed by atoms with Crippen LogP contribution in [0, 0.1) is 5.92 Å². The van der Waals surface area contributed by atoms with Gasteiger partial charge >= 0.3 is 0 Å². The molecule has 2 rings (SSSR count). The maximum absolute atomic E-state index is 5.66. The molecule has 0 bridgehead atoms. The molecule has 1 heterocycles. The van der Waals surface area contributed by atoms with Gasteiger partial charge in [-0.3, -0.25) is 0 Å². The van der Waals surface area contributed by atoms with Crippen molar-refractivity contribution in [1.29, 1.82) is 0 Å². The molecule has 0 fully saturated rings. The highest BCUT2D eigenvalue weighted by Gasteiger charge is 2.09. The standard InChI is InChI=1S/C14H21N3S/c1-2-5-11(8-9-15)10-16-14-12-6-3-4-7-13(12)17-18-14/h3-4,6-7,11,16H,2,5,8-10,15H2,1H3. The molecule has 1 aromatic heterocycles. The van der Waals surface area contributed by atoms with Gasteiger partial charge in [-0.25, -0.2) is 0 Å². The zero-order chi connectivity index (χ0) is 12.8. The molecule has 0 saturated carbocycles. The molecule has 0 spiro atoms. The fourth-order valence-electron chi connectivity index (χ4n) is 2.25. The summed E-state index contributed by atoms with van der Waals surface area (Å²) in [6.07, 6.45) is 3.55. The maximum Gasteiger partial charge on any atom is 0.117 e. The highest BCUT2D eigenvalue weighted by molar-refractivity contribution is 7.11. The van der Waals surface area contributed by atoms with E-state index in [0.717, 1.165) is 25.0 Å². The van der Waals surface area contributed by atoms with E-state index in [-0.39, 0.29) is 0 Å². The predicted octanol–water partition coefficient (Wildman–Crippen LogP) is 3.47. The number of nitrogens with two attached hydrogens (primary N) is 1. The molecule has 0 aliphatic heterocycles. The number of nitrogens with zero attached hydrogens (tertiary/aromatic N) is 1. The van der Waals surface area contributed by atoms with Crippen LogP contribution >= 0.6 is 11.5 Å². The van der Waals surface area contributed by atoms with Crippen LogP contribution in [0.1, 0.15) is 26.2 Å². The Bertz CT molecular complexity index is 475. The lowest BCUT2D eigenvalue weighted by atomic mass is 10.00. The first-order chi connectivity index (χ1) is 8.85. The SMILES string of the molecule is CCCC(CCN)CNc1snc2ccccc12. The van der Waals surface area contributed by atoms with Crippen molar-refractivity contribution in [2.75, 3.05) is 18.4 Å². The van der Waals surface area contributed by atoms with Gasteiger partial charge in [0.05, 0.1) is 5.52 Å². The number of nitrogens with one attached hydrogen (secondary N) is 1. The van der Waals surface area contributed by atoms with Gasteiger partial charge in [0, 0.05) is 11.9 Å². The lowest BCUT2D eigenvalue weighted by Crippen LogP contribution is -2.17. The van der Waals surface area contributed by atoms with E-state index in [4.69, 9.17) is 5.73 Å². The molecule has 0 aliphatic rings. The molecule has 4 heteroatoms. The van der Waals surface area contributed by atoms with Crippen LogP contribution in [0.25, 0.3) is 10.9 Å². The maximum atomic E-state index is 5.66. The molecule has 18 heavy (non-hydrogen) atoms. The minimum atomic E-state index is 0.667. The Hall–Kier alpha value is -1.13. The van der Waals surface area contributed by atoms with Crippen molar-refractivity contribution in [3.05, 3.63) is 24.3 Å². The third kappa shape index (κ3) is 3.21. The van der Waals surface area contributed by atoms with Crippen molar-refractivity contribution in [3.63, 3.8) is 0 Å². The van der Waals surface area contributed by atoms with E-state index >= 15 is 0 Å². The highest BCUT2D eigenvalue weighted by atomic mass is 32.1. The topological polar surface area (TPSA) is 50.9 Å². The molecule has 3 N–H and O–H groups in total. The van der Waals surface area contributed by atoms with Crippen molar-refractivity contribution in [1.82, 2.24) is 4.37 Å². The summed E-state index contributed by atoms with van der Waals surface area (Å²) in [6, 6.07) is 8.27. The van der Waals surface area contributed by atoms with E-state index in [2.05, 4.69) is 34.8 Å². The summed E-state index contributed by atoms with van der Waals surface area (Å²) in [4.78, 5) is 0. The molecule has 1 unspecified atom stereocenters. The van der Waals surface area contributed by atoms with Crippen LogP contribution in [-0.2, 0) is 0 Å². The summed E-state index contributed by atoms with van der Waals surface area (Å²) in [6.45, 7) is 4.00. The van der Waals surface area contributed by atoms with Crippen LogP contribution < -0.4 is 11.1 Å². The fourth-order valence-corrected chi connectivity index (χ4v) is 3.01. The minimum Gasteiger partial charge on any atom is -0.375 e. The van der Waals surface area contributed by atoms with Crippen LogP contribution in [0.5, 0.6) is 0 Å². The lowest BCUT2D eigenvalue weighted by molar-refractivity contribution is 0.474. The molecule has 98 valence electrons. The second-order valence-corrected chi connectivity index (χ2v) is 5.42. The van der Waals surface area contributed by atoms with Crippen molar-refractivity contribution in [2.45, 2.75) is 26.2 Å². The lowest BCUT2D eigenvalue weighted by Gasteiger charge is -2.15.